The van der Waals surface area contributed by atoms with Gasteiger partial charge in [0.2, 0.25) is 5.91 Å². The first-order valence-electron chi connectivity index (χ1n) is 9.90. The van der Waals surface area contributed by atoms with E-state index in [1.807, 2.05) is 32.0 Å². The average molecular weight is 421 g/mol. The van der Waals surface area contributed by atoms with Crippen LogP contribution in [0.15, 0.2) is 33.5 Å². The summed E-state index contributed by atoms with van der Waals surface area (Å²) in [4.78, 5) is 40.0. The minimum atomic E-state index is -0.538. The van der Waals surface area contributed by atoms with Crippen molar-refractivity contribution in [3.8, 4) is 0 Å². The van der Waals surface area contributed by atoms with Gasteiger partial charge < -0.3 is 9.40 Å². The number of hydrogen-bond donors (Lipinski definition) is 3. The van der Waals surface area contributed by atoms with Gasteiger partial charge in [0, 0.05) is 35.4 Å². The summed E-state index contributed by atoms with van der Waals surface area (Å²) >= 11 is 0. The number of furan rings is 1. The number of carbonyl (C=O) groups excluding carboxylic acids is 2. The van der Waals surface area contributed by atoms with Crippen LogP contribution in [-0.4, -0.2) is 26.6 Å². The Morgan fingerprint density at radius 3 is 2.61 bits per heavy atom. The van der Waals surface area contributed by atoms with Crippen LogP contribution in [0.4, 0.5) is 0 Å². The van der Waals surface area contributed by atoms with Crippen molar-refractivity contribution in [1.82, 2.24) is 25.6 Å². The van der Waals surface area contributed by atoms with E-state index >= 15 is 0 Å². The molecule has 0 spiro atoms. The van der Waals surface area contributed by atoms with Gasteiger partial charge in [-0.25, -0.2) is 0 Å². The molecule has 0 atom stereocenters. The topological polar surface area (TPSA) is 122 Å². The number of fused-ring (bicyclic) bond motifs is 2. The second kappa shape index (κ2) is 7.75. The first-order chi connectivity index (χ1) is 14.8. The lowest BCUT2D eigenvalue weighted by atomic mass is 10.0. The number of aromatic amines is 1. The van der Waals surface area contributed by atoms with E-state index in [2.05, 4.69) is 20.9 Å². The second-order valence-corrected chi connectivity index (χ2v) is 7.54. The van der Waals surface area contributed by atoms with E-state index in [9.17, 15) is 14.4 Å². The Labute approximate surface area is 177 Å². The predicted octanol–water partition coefficient (Wildman–Crippen LogP) is 2.33. The number of nitrogens with one attached hydrogen (secondary N) is 3. The van der Waals surface area contributed by atoms with Gasteiger partial charge in [-0.15, -0.1) is 0 Å². The van der Waals surface area contributed by atoms with Crippen LogP contribution in [0.3, 0.4) is 0 Å². The predicted molar refractivity (Wildman–Crippen MR) is 116 cm³/mol. The second-order valence-electron chi connectivity index (χ2n) is 7.54. The van der Waals surface area contributed by atoms with Gasteiger partial charge in [-0.05, 0) is 38.8 Å². The Morgan fingerprint density at radius 1 is 1.13 bits per heavy atom. The fourth-order valence-electron chi connectivity index (χ4n) is 3.93. The zero-order chi connectivity index (χ0) is 22.3. The van der Waals surface area contributed by atoms with E-state index in [0.29, 0.717) is 22.4 Å². The summed E-state index contributed by atoms with van der Waals surface area (Å²) in [5.74, 6) is -0.807. The number of aryl methyl sites for hydroxylation is 4. The molecule has 0 bridgehead atoms. The fraction of sp³-hybridized carbons (Fsp3) is 0.273. The Morgan fingerprint density at radius 2 is 1.87 bits per heavy atom. The first kappa shape index (κ1) is 20.4. The van der Waals surface area contributed by atoms with Crippen molar-refractivity contribution >= 4 is 33.8 Å². The number of amides is 2. The monoisotopic (exact) mass is 421 g/mol. The molecule has 0 saturated heterocycles. The molecule has 0 saturated carbocycles. The van der Waals surface area contributed by atoms with Crippen LogP contribution < -0.4 is 16.4 Å². The van der Waals surface area contributed by atoms with Gasteiger partial charge in [0.1, 0.15) is 11.2 Å². The van der Waals surface area contributed by atoms with E-state index < -0.39 is 11.8 Å². The molecule has 3 aromatic heterocycles. The molecule has 4 aromatic rings. The fourth-order valence-corrected chi connectivity index (χ4v) is 3.93. The lowest BCUT2D eigenvalue weighted by molar-refractivity contribution is -0.121. The highest BCUT2D eigenvalue weighted by atomic mass is 16.3. The highest BCUT2D eigenvalue weighted by Gasteiger charge is 2.19. The molecule has 160 valence electrons. The minimum absolute atomic E-state index is 0.0358. The Kier molecular flexibility index (Phi) is 5.10. The molecule has 0 fully saturated rings. The zero-order valence-corrected chi connectivity index (χ0v) is 17.8. The molecule has 0 aliphatic heterocycles. The summed E-state index contributed by atoms with van der Waals surface area (Å²) in [5.41, 5.74) is 8.61. The zero-order valence-electron chi connectivity index (χ0n) is 17.8. The van der Waals surface area contributed by atoms with E-state index in [1.54, 1.807) is 24.7 Å². The van der Waals surface area contributed by atoms with Gasteiger partial charge in [-0.1, -0.05) is 18.2 Å². The first-order valence-corrected chi connectivity index (χ1v) is 9.90. The number of rotatable bonds is 4. The third-order valence-corrected chi connectivity index (χ3v) is 5.52. The van der Waals surface area contributed by atoms with Crippen LogP contribution >= 0.6 is 0 Å². The number of nitrogens with zero attached hydrogens (tertiary/aromatic N) is 2. The maximum absolute atomic E-state index is 12.5. The lowest BCUT2D eigenvalue weighted by Gasteiger charge is -2.09. The van der Waals surface area contributed by atoms with Crippen LogP contribution in [0.25, 0.3) is 22.0 Å². The highest BCUT2D eigenvalue weighted by Crippen LogP contribution is 2.24. The van der Waals surface area contributed by atoms with Crippen molar-refractivity contribution in [2.24, 2.45) is 7.05 Å². The number of aromatic nitrogens is 3. The minimum Gasteiger partial charge on any atom is -0.451 e. The molecule has 31 heavy (non-hydrogen) atoms. The van der Waals surface area contributed by atoms with Crippen LogP contribution in [-0.2, 0) is 18.3 Å². The van der Waals surface area contributed by atoms with Crippen LogP contribution in [0.2, 0.25) is 0 Å². The maximum Gasteiger partial charge on any atom is 0.305 e. The Bertz CT molecular complexity index is 1390. The van der Waals surface area contributed by atoms with Crippen molar-refractivity contribution in [1.29, 1.82) is 0 Å². The van der Waals surface area contributed by atoms with E-state index in [-0.39, 0.29) is 24.2 Å². The molecule has 3 heterocycles. The number of H-pyrrole nitrogens is 1. The van der Waals surface area contributed by atoms with Gasteiger partial charge in [-0.3, -0.25) is 29.9 Å². The molecule has 1 aromatic carbocycles. The summed E-state index contributed by atoms with van der Waals surface area (Å²) in [6, 6.07) is 7.33. The van der Waals surface area contributed by atoms with E-state index in [0.717, 1.165) is 22.0 Å². The molecular formula is C22H23N5O4. The summed E-state index contributed by atoms with van der Waals surface area (Å²) in [6.45, 7) is 5.51. The summed E-state index contributed by atoms with van der Waals surface area (Å²) in [7, 11) is 1.77. The molecule has 0 unspecified atom stereocenters. The molecule has 2 amide bonds. The van der Waals surface area contributed by atoms with Crippen molar-refractivity contribution in [2.45, 2.75) is 33.6 Å². The molecule has 4 rings (SSSR count). The third-order valence-electron chi connectivity index (χ3n) is 5.52. The summed E-state index contributed by atoms with van der Waals surface area (Å²) < 4.78 is 7.22. The van der Waals surface area contributed by atoms with Gasteiger partial charge in [0.05, 0.1) is 5.69 Å². The Hall–Kier alpha value is -3.88. The smallest absolute Gasteiger partial charge is 0.305 e. The van der Waals surface area contributed by atoms with Gasteiger partial charge in [0.25, 0.3) is 5.56 Å². The maximum atomic E-state index is 12.5. The molecule has 0 aliphatic rings. The third kappa shape index (κ3) is 3.58. The molecule has 9 heteroatoms. The highest BCUT2D eigenvalue weighted by molar-refractivity contribution is 5.99. The summed E-state index contributed by atoms with van der Waals surface area (Å²) in [6.07, 6.45) is 0.269. The quantitative estimate of drug-likeness (QED) is 0.437. The molecule has 3 N–H and O–H groups in total. The normalized spacial score (nSPS) is 11.2. The SMILES string of the molecule is Cc1c(C(=O)NNC(=O)CCc2c(C)c3c(C)nn(C)c3[nH]c2=O)oc2ccccc12. The number of benzene rings is 1. The van der Waals surface area contributed by atoms with Crippen molar-refractivity contribution in [3.05, 3.63) is 62.8 Å². The van der Waals surface area contributed by atoms with E-state index in [4.69, 9.17) is 4.42 Å². The van der Waals surface area contributed by atoms with Gasteiger partial charge in [-0.2, -0.15) is 5.10 Å². The molecule has 0 aliphatic carbocycles. The van der Waals surface area contributed by atoms with Crippen LogP contribution in [0.1, 0.15) is 39.4 Å². The number of pyridine rings is 1. The van der Waals surface area contributed by atoms with Gasteiger partial charge >= 0.3 is 5.91 Å². The number of hydrazine groups is 1. The lowest BCUT2D eigenvalue weighted by Crippen LogP contribution is -2.42. The van der Waals surface area contributed by atoms with Crippen molar-refractivity contribution < 1.29 is 14.0 Å². The van der Waals surface area contributed by atoms with Crippen molar-refractivity contribution in [2.75, 3.05) is 0 Å². The molecular weight excluding hydrogens is 398 g/mol. The van der Waals surface area contributed by atoms with Crippen LogP contribution in [0.5, 0.6) is 0 Å². The average Bonchev–Trinajstić information content (AvgIpc) is 3.22. The summed E-state index contributed by atoms with van der Waals surface area (Å²) in [5, 5.41) is 6.06. The van der Waals surface area contributed by atoms with Gasteiger partial charge in [0.15, 0.2) is 5.76 Å². The largest absolute Gasteiger partial charge is 0.451 e. The number of carbonyl (C=O) groups is 2. The number of para-hydroxylation sites is 1. The standard InChI is InChI=1S/C22H23N5O4/c1-11-15(21(29)23-20-18(11)13(3)26-27(20)4)9-10-17(28)24-25-22(30)19-12(2)14-7-5-6-8-16(14)31-19/h5-8H,9-10H2,1-4H3,(H,23,29)(H,24,28)(H,25,30). The molecule has 9 nitrogen and oxygen atoms in total. The number of hydrogen-bond acceptors (Lipinski definition) is 5. The van der Waals surface area contributed by atoms with Crippen LogP contribution in [0, 0.1) is 20.8 Å². The van der Waals surface area contributed by atoms with E-state index in [1.165, 1.54) is 0 Å². The molecule has 0 radical (unpaired) electrons. The Balaban J connectivity index is 1.43. The van der Waals surface area contributed by atoms with Crippen molar-refractivity contribution in [3.63, 3.8) is 0 Å².